The van der Waals surface area contributed by atoms with Crippen LogP contribution in [0.15, 0.2) is 36.7 Å². The largest absolute Gasteiger partial charge is 0.506 e. The monoisotopic (exact) mass is 462 g/mol. The van der Waals surface area contributed by atoms with Gasteiger partial charge in [-0.1, -0.05) is 13.0 Å². The summed E-state index contributed by atoms with van der Waals surface area (Å²) < 4.78 is 0. The number of aromatic nitrogens is 1. The second-order valence-corrected chi connectivity index (χ2v) is 10.9. The van der Waals surface area contributed by atoms with E-state index < -0.39 is 5.97 Å². The first kappa shape index (κ1) is 22.9. The van der Waals surface area contributed by atoms with Crippen molar-refractivity contribution in [1.29, 1.82) is 0 Å². The van der Waals surface area contributed by atoms with Crippen molar-refractivity contribution < 1.29 is 19.8 Å². The third-order valence-electron chi connectivity index (χ3n) is 9.13. The van der Waals surface area contributed by atoms with E-state index in [1.54, 1.807) is 7.05 Å². The molecule has 34 heavy (non-hydrogen) atoms. The molecule has 6 heteroatoms. The van der Waals surface area contributed by atoms with Crippen molar-refractivity contribution in [3.63, 3.8) is 0 Å². The van der Waals surface area contributed by atoms with Crippen LogP contribution in [0.5, 0.6) is 5.75 Å². The molecular weight excluding hydrogens is 428 g/mol. The van der Waals surface area contributed by atoms with Crippen molar-refractivity contribution in [2.45, 2.75) is 63.7 Å². The number of fused-ring (bicyclic) bond motifs is 5. The summed E-state index contributed by atoms with van der Waals surface area (Å²) >= 11 is 0. The van der Waals surface area contributed by atoms with E-state index in [0.717, 1.165) is 32.1 Å². The van der Waals surface area contributed by atoms with Crippen molar-refractivity contribution in [2.75, 3.05) is 13.6 Å². The third kappa shape index (κ3) is 3.87. The molecule has 3 aliphatic rings. The maximum atomic E-state index is 12.8. The van der Waals surface area contributed by atoms with E-state index in [2.05, 4.69) is 24.0 Å². The molecule has 0 spiro atoms. The predicted molar refractivity (Wildman–Crippen MR) is 129 cm³/mol. The zero-order valence-corrected chi connectivity index (χ0v) is 20.0. The van der Waals surface area contributed by atoms with Gasteiger partial charge in [0.05, 0.1) is 12.6 Å². The lowest BCUT2D eigenvalue weighted by Crippen LogP contribution is -2.41. The topological polar surface area (TPSA) is 90.7 Å². The maximum absolute atomic E-state index is 12.8. The lowest BCUT2D eigenvalue weighted by atomic mass is 9.53. The van der Waals surface area contributed by atoms with Gasteiger partial charge in [0.2, 0.25) is 0 Å². The SMILES string of the molecule is CN(CCC(=O)O)C(=O)c1ccc2c(c1)CC[C@@H]1[C@@H]2CC[C@]2(C)[C@@H](c3cncc(O)c3)CC[C@@H]12. The number of aryl methyl sites for hydroxylation is 1. The van der Waals surface area contributed by atoms with Crippen LogP contribution in [0.3, 0.4) is 0 Å². The Hall–Kier alpha value is -2.89. The van der Waals surface area contributed by atoms with E-state index in [1.807, 2.05) is 18.3 Å². The Balaban J connectivity index is 1.35. The van der Waals surface area contributed by atoms with E-state index in [4.69, 9.17) is 5.11 Å². The van der Waals surface area contributed by atoms with Crippen LogP contribution in [0.4, 0.5) is 0 Å². The number of hydrogen-bond donors (Lipinski definition) is 2. The van der Waals surface area contributed by atoms with Crippen molar-refractivity contribution in [2.24, 2.45) is 17.3 Å². The molecule has 0 bridgehead atoms. The van der Waals surface area contributed by atoms with E-state index in [1.165, 1.54) is 34.2 Å². The number of benzene rings is 1. The number of carboxylic acids is 1. The van der Waals surface area contributed by atoms with Crippen LogP contribution in [0.1, 0.15) is 84.3 Å². The van der Waals surface area contributed by atoms with Crippen LogP contribution in [-0.4, -0.2) is 45.6 Å². The highest BCUT2D eigenvalue weighted by Crippen LogP contribution is 2.65. The molecular formula is C28H34N2O4. The molecule has 6 nitrogen and oxygen atoms in total. The Labute approximate surface area is 201 Å². The smallest absolute Gasteiger partial charge is 0.305 e. The number of rotatable bonds is 5. The molecule has 1 aromatic carbocycles. The normalized spacial score (nSPS) is 29.6. The molecule has 0 saturated heterocycles. The van der Waals surface area contributed by atoms with Gasteiger partial charge in [-0.2, -0.15) is 0 Å². The van der Waals surface area contributed by atoms with E-state index in [-0.39, 0.29) is 30.0 Å². The van der Waals surface area contributed by atoms with Crippen LogP contribution in [-0.2, 0) is 11.2 Å². The highest BCUT2D eigenvalue weighted by Gasteiger charge is 2.55. The minimum absolute atomic E-state index is 0.0449. The Morgan fingerprint density at radius 2 is 1.97 bits per heavy atom. The maximum Gasteiger partial charge on any atom is 0.305 e. The molecule has 0 radical (unpaired) electrons. The van der Waals surface area contributed by atoms with E-state index >= 15 is 0 Å². The summed E-state index contributed by atoms with van der Waals surface area (Å²) in [5.74, 6) is 1.55. The minimum Gasteiger partial charge on any atom is -0.506 e. The fraction of sp³-hybridized carbons (Fsp3) is 0.536. The zero-order chi connectivity index (χ0) is 24.0. The molecule has 5 rings (SSSR count). The van der Waals surface area contributed by atoms with Gasteiger partial charge in [-0.3, -0.25) is 14.6 Å². The molecule has 2 N–H and O–H groups in total. The molecule has 1 heterocycles. The van der Waals surface area contributed by atoms with Gasteiger partial charge in [-0.05, 0) is 103 Å². The van der Waals surface area contributed by atoms with Crippen molar-refractivity contribution in [1.82, 2.24) is 9.88 Å². The number of aromatic hydroxyl groups is 1. The number of carbonyl (C=O) groups excluding carboxylic acids is 1. The Morgan fingerprint density at radius 3 is 2.74 bits per heavy atom. The van der Waals surface area contributed by atoms with Crippen LogP contribution in [0.2, 0.25) is 0 Å². The fourth-order valence-electron chi connectivity index (χ4n) is 7.48. The van der Waals surface area contributed by atoms with Gasteiger partial charge in [0, 0.05) is 25.4 Å². The third-order valence-corrected chi connectivity index (χ3v) is 9.13. The van der Waals surface area contributed by atoms with Crippen LogP contribution in [0, 0.1) is 17.3 Å². The van der Waals surface area contributed by atoms with Gasteiger partial charge in [-0.25, -0.2) is 0 Å². The molecule has 0 unspecified atom stereocenters. The summed E-state index contributed by atoms with van der Waals surface area (Å²) in [4.78, 5) is 29.4. The molecule has 3 aliphatic carbocycles. The molecule has 180 valence electrons. The fourth-order valence-corrected chi connectivity index (χ4v) is 7.48. The summed E-state index contributed by atoms with van der Waals surface area (Å²) in [6.45, 7) is 2.67. The number of amides is 1. The Morgan fingerprint density at radius 1 is 1.15 bits per heavy atom. The van der Waals surface area contributed by atoms with Gasteiger partial charge in [0.25, 0.3) is 5.91 Å². The number of pyridine rings is 1. The zero-order valence-electron chi connectivity index (χ0n) is 20.0. The quantitative estimate of drug-likeness (QED) is 0.654. The highest BCUT2D eigenvalue weighted by molar-refractivity contribution is 5.94. The number of nitrogens with zero attached hydrogens (tertiary/aromatic N) is 2. The summed E-state index contributed by atoms with van der Waals surface area (Å²) in [5, 5.41) is 18.9. The van der Waals surface area contributed by atoms with Gasteiger partial charge < -0.3 is 15.1 Å². The van der Waals surface area contributed by atoms with Gasteiger partial charge in [0.1, 0.15) is 5.75 Å². The number of hydrogen-bond acceptors (Lipinski definition) is 4. The van der Waals surface area contributed by atoms with Gasteiger partial charge in [-0.15, -0.1) is 0 Å². The number of carbonyl (C=O) groups is 2. The average molecular weight is 463 g/mol. The summed E-state index contributed by atoms with van der Waals surface area (Å²) in [7, 11) is 1.67. The Bertz CT molecular complexity index is 1120. The average Bonchev–Trinajstić information content (AvgIpc) is 3.18. The molecule has 1 amide bonds. The highest BCUT2D eigenvalue weighted by atomic mass is 16.4. The van der Waals surface area contributed by atoms with E-state index in [0.29, 0.717) is 29.2 Å². The molecule has 5 atom stereocenters. The van der Waals surface area contributed by atoms with Gasteiger partial charge in [0.15, 0.2) is 0 Å². The lowest BCUT2D eigenvalue weighted by Gasteiger charge is -2.51. The molecule has 0 aliphatic heterocycles. The first-order valence-corrected chi connectivity index (χ1v) is 12.5. The minimum atomic E-state index is -0.894. The predicted octanol–water partition coefficient (Wildman–Crippen LogP) is 4.97. The molecule has 2 fully saturated rings. The lowest BCUT2D eigenvalue weighted by molar-refractivity contribution is -0.137. The first-order chi connectivity index (χ1) is 16.3. The van der Waals surface area contributed by atoms with E-state index in [9.17, 15) is 14.7 Å². The first-order valence-electron chi connectivity index (χ1n) is 12.5. The second-order valence-electron chi connectivity index (χ2n) is 10.9. The van der Waals surface area contributed by atoms with Crippen LogP contribution in [0.25, 0.3) is 0 Å². The van der Waals surface area contributed by atoms with Crippen molar-refractivity contribution in [3.8, 4) is 5.75 Å². The second kappa shape index (κ2) is 8.71. The summed E-state index contributed by atoms with van der Waals surface area (Å²) in [6.07, 6.45) is 10.2. The van der Waals surface area contributed by atoms with Crippen LogP contribution < -0.4 is 0 Å². The standard InChI is InChI=1S/C28H34N2O4/c1-28-11-9-22-21-5-4-18(27(34)30(2)12-10-26(32)33)13-17(21)3-6-23(22)25(28)8-7-24(28)19-14-20(31)16-29-15-19/h4-5,13-16,22-25,31H,3,6-12H2,1-2H3,(H,32,33)/t22-,23-,24-,25+,28-/m1/s1. The van der Waals surface area contributed by atoms with Crippen LogP contribution >= 0.6 is 0 Å². The Kier molecular flexibility index (Phi) is 5.86. The molecule has 1 aromatic heterocycles. The number of carboxylic acid groups (broad SMARTS) is 1. The summed E-state index contributed by atoms with van der Waals surface area (Å²) in [6, 6.07) is 8.05. The van der Waals surface area contributed by atoms with Gasteiger partial charge >= 0.3 is 5.97 Å². The van der Waals surface area contributed by atoms with Crippen molar-refractivity contribution >= 4 is 11.9 Å². The summed E-state index contributed by atoms with van der Waals surface area (Å²) in [5.41, 5.74) is 4.76. The molecule has 2 saturated carbocycles. The number of aliphatic carboxylic acids is 1. The molecule has 2 aromatic rings. The van der Waals surface area contributed by atoms with Crippen molar-refractivity contribution in [3.05, 3.63) is 58.9 Å².